The third kappa shape index (κ3) is 4.01. The number of aromatic hydroxyl groups is 1. The van der Waals surface area contributed by atoms with Gasteiger partial charge in [-0.25, -0.2) is 0 Å². The highest BCUT2D eigenvalue weighted by Crippen LogP contribution is 2.41. The summed E-state index contributed by atoms with van der Waals surface area (Å²) in [5.41, 5.74) is 2.49. The molecule has 1 heterocycles. The van der Waals surface area contributed by atoms with Gasteiger partial charge in [0.1, 0.15) is 18.1 Å². The largest absolute Gasteiger partial charge is 0.508 e. The van der Waals surface area contributed by atoms with Gasteiger partial charge in [0.25, 0.3) is 0 Å². The van der Waals surface area contributed by atoms with Gasteiger partial charge in [-0.3, -0.25) is 4.79 Å². The third-order valence-corrected chi connectivity index (χ3v) is 5.83. The van der Waals surface area contributed by atoms with Crippen LogP contribution < -0.4 is 10.1 Å². The Hall–Kier alpha value is -3.15. The van der Waals surface area contributed by atoms with Crippen molar-refractivity contribution in [2.75, 3.05) is 20.2 Å². The van der Waals surface area contributed by atoms with Crippen molar-refractivity contribution in [3.05, 3.63) is 83.2 Å². The van der Waals surface area contributed by atoms with Crippen LogP contribution in [0, 0.1) is 0 Å². The predicted octanol–water partition coefficient (Wildman–Crippen LogP) is 5.10. The van der Waals surface area contributed by atoms with E-state index < -0.39 is 0 Å². The number of hydrogen-bond donors (Lipinski definition) is 2. The number of likely N-dealkylation sites (N-methyl/N-ethyl adjacent to an activating group) is 1. The van der Waals surface area contributed by atoms with Gasteiger partial charge < -0.3 is 15.2 Å². The van der Waals surface area contributed by atoms with Crippen molar-refractivity contribution in [2.24, 2.45) is 0 Å². The maximum absolute atomic E-state index is 13.3. The standard InChI is InChI=1S/C24H21NO3S/c1-25-13-14-28-19-10-7-16(8-11-19)22-20-12-9-18(26)15-21(20)29-24(22)23(27)17-5-3-2-4-6-17/h2-12,15,25-26H,13-14H2,1H3. The summed E-state index contributed by atoms with van der Waals surface area (Å²) in [7, 11) is 1.89. The van der Waals surface area contributed by atoms with Crippen LogP contribution in [0.1, 0.15) is 15.2 Å². The van der Waals surface area contributed by atoms with Gasteiger partial charge in [0, 0.05) is 27.8 Å². The highest BCUT2D eigenvalue weighted by molar-refractivity contribution is 7.21. The highest BCUT2D eigenvalue weighted by Gasteiger charge is 2.21. The average molecular weight is 404 g/mol. The maximum Gasteiger partial charge on any atom is 0.203 e. The van der Waals surface area contributed by atoms with Crippen molar-refractivity contribution in [1.82, 2.24) is 5.32 Å². The van der Waals surface area contributed by atoms with E-state index in [-0.39, 0.29) is 11.5 Å². The molecule has 0 fully saturated rings. The quantitative estimate of drug-likeness (QED) is 0.333. The molecule has 0 aliphatic carbocycles. The van der Waals surface area contributed by atoms with Crippen molar-refractivity contribution in [3.8, 4) is 22.6 Å². The van der Waals surface area contributed by atoms with Crippen LogP contribution in [0.2, 0.25) is 0 Å². The number of hydrogen-bond acceptors (Lipinski definition) is 5. The predicted molar refractivity (Wildman–Crippen MR) is 118 cm³/mol. The van der Waals surface area contributed by atoms with Crippen LogP contribution >= 0.6 is 11.3 Å². The van der Waals surface area contributed by atoms with E-state index >= 15 is 0 Å². The molecule has 5 heteroatoms. The van der Waals surface area contributed by atoms with E-state index in [1.165, 1.54) is 11.3 Å². The minimum Gasteiger partial charge on any atom is -0.508 e. The lowest BCUT2D eigenvalue weighted by Crippen LogP contribution is -2.15. The van der Waals surface area contributed by atoms with E-state index in [0.717, 1.165) is 33.5 Å². The molecule has 0 atom stereocenters. The smallest absolute Gasteiger partial charge is 0.203 e. The molecule has 29 heavy (non-hydrogen) atoms. The molecule has 0 saturated carbocycles. The lowest BCUT2D eigenvalue weighted by Gasteiger charge is -2.08. The van der Waals surface area contributed by atoms with Crippen molar-refractivity contribution < 1.29 is 14.6 Å². The molecule has 146 valence electrons. The molecule has 4 nitrogen and oxygen atoms in total. The molecule has 1 aromatic heterocycles. The van der Waals surface area contributed by atoms with Crippen LogP contribution in [0.4, 0.5) is 0 Å². The lowest BCUT2D eigenvalue weighted by atomic mass is 9.98. The second kappa shape index (κ2) is 8.47. The van der Waals surface area contributed by atoms with Crippen LogP contribution in [-0.2, 0) is 0 Å². The van der Waals surface area contributed by atoms with Gasteiger partial charge in [-0.05, 0) is 42.9 Å². The maximum atomic E-state index is 13.3. The summed E-state index contributed by atoms with van der Waals surface area (Å²) in [6.07, 6.45) is 0. The molecular formula is C24H21NO3S. The van der Waals surface area contributed by atoms with Crippen molar-refractivity contribution >= 4 is 27.2 Å². The summed E-state index contributed by atoms with van der Waals surface area (Å²) in [5, 5.41) is 13.9. The Morgan fingerprint density at radius 3 is 2.52 bits per heavy atom. The summed E-state index contributed by atoms with van der Waals surface area (Å²) in [6, 6.07) is 22.3. The zero-order chi connectivity index (χ0) is 20.2. The van der Waals surface area contributed by atoms with Crippen LogP contribution in [-0.4, -0.2) is 31.1 Å². The number of carbonyl (C=O) groups excluding carboxylic acids is 1. The molecule has 0 aliphatic heterocycles. The fourth-order valence-electron chi connectivity index (χ4n) is 3.24. The number of rotatable bonds is 7. The highest BCUT2D eigenvalue weighted by atomic mass is 32.1. The number of benzene rings is 3. The first-order valence-electron chi connectivity index (χ1n) is 9.40. The molecule has 0 radical (unpaired) electrons. The molecule has 0 aliphatic rings. The Morgan fingerprint density at radius 1 is 1.03 bits per heavy atom. The molecule has 4 rings (SSSR count). The molecular weight excluding hydrogens is 382 g/mol. The van der Waals surface area contributed by atoms with Gasteiger partial charge in [-0.2, -0.15) is 0 Å². The minimum atomic E-state index is -0.0179. The number of phenolic OH excluding ortho intramolecular Hbond substituents is 1. The third-order valence-electron chi connectivity index (χ3n) is 4.68. The zero-order valence-corrected chi connectivity index (χ0v) is 16.8. The number of fused-ring (bicyclic) bond motifs is 1. The molecule has 0 unspecified atom stereocenters. The van der Waals surface area contributed by atoms with E-state index in [1.54, 1.807) is 12.1 Å². The molecule has 2 N–H and O–H groups in total. The molecule has 3 aromatic carbocycles. The summed E-state index contributed by atoms with van der Waals surface area (Å²) in [4.78, 5) is 13.9. The average Bonchev–Trinajstić information content (AvgIpc) is 3.13. The van der Waals surface area contributed by atoms with E-state index in [4.69, 9.17) is 4.74 Å². The van der Waals surface area contributed by atoms with E-state index in [1.807, 2.05) is 67.7 Å². The van der Waals surface area contributed by atoms with Crippen LogP contribution in [0.15, 0.2) is 72.8 Å². The first-order valence-corrected chi connectivity index (χ1v) is 10.2. The molecule has 4 aromatic rings. The first-order chi connectivity index (χ1) is 14.2. The Bertz CT molecular complexity index is 1130. The van der Waals surface area contributed by atoms with E-state index in [9.17, 15) is 9.90 Å². The monoisotopic (exact) mass is 403 g/mol. The van der Waals surface area contributed by atoms with E-state index in [0.29, 0.717) is 17.0 Å². The fourth-order valence-corrected chi connectivity index (χ4v) is 4.46. The van der Waals surface area contributed by atoms with Gasteiger partial charge in [0.15, 0.2) is 0 Å². The Labute approximate surface area is 173 Å². The number of thiophene rings is 1. The van der Waals surface area contributed by atoms with Gasteiger partial charge in [0.2, 0.25) is 5.78 Å². The van der Waals surface area contributed by atoms with Gasteiger partial charge >= 0.3 is 0 Å². The van der Waals surface area contributed by atoms with Gasteiger partial charge in [-0.1, -0.05) is 42.5 Å². The summed E-state index contributed by atoms with van der Waals surface area (Å²) in [6.45, 7) is 1.37. The van der Waals surface area contributed by atoms with Crippen LogP contribution in [0.5, 0.6) is 11.5 Å². The van der Waals surface area contributed by atoms with Crippen LogP contribution in [0.25, 0.3) is 21.2 Å². The normalized spacial score (nSPS) is 10.9. The van der Waals surface area contributed by atoms with Crippen molar-refractivity contribution in [1.29, 1.82) is 0 Å². The molecule has 0 saturated heterocycles. The number of carbonyl (C=O) groups is 1. The number of nitrogens with one attached hydrogen (secondary N) is 1. The second-order valence-corrected chi connectivity index (χ2v) is 7.71. The minimum absolute atomic E-state index is 0.0179. The van der Waals surface area contributed by atoms with Crippen molar-refractivity contribution in [2.45, 2.75) is 0 Å². The number of ether oxygens (including phenoxy) is 1. The summed E-state index contributed by atoms with van der Waals surface area (Å²) < 4.78 is 6.59. The molecule has 0 amide bonds. The SMILES string of the molecule is CNCCOc1ccc(-c2c(C(=O)c3ccccc3)sc3cc(O)ccc23)cc1. The summed E-state index contributed by atoms with van der Waals surface area (Å²) >= 11 is 1.41. The molecule has 0 spiro atoms. The van der Waals surface area contributed by atoms with Gasteiger partial charge in [-0.15, -0.1) is 11.3 Å². The van der Waals surface area contributed by atoms with Gasteiger partial charge in [0.05, 0.1) is 4.88 Å². The zero-order valence-electron chi connectivity index (χ0n) is 16.0. The Morgan fingerprint density at radius 2 is 1.79 bits per heavy atom. The first kappa shape index (κ1) is 19.2. The summed E-state index contributed by atoms with van der Waals surface area (Å²) in [5.74, 6) is 0.963. The fraction of sp³-hybridized carbons (Fsp3) is 0.125. The van der Waals surface area contributed by atoms with E-state index in [2.05, 4.69) is 5.32 Å². The molecule has 0 bridgehead atoms. The second-order valence-electron chi connectivity index (χ2n) is 6.66. The van der Waals surface area contributed by atoms with Crippen molar-refractivity contribution in [3.63, 3.8) is 0 Å². The number of phenols is 1. The Kier molecular flexibility index (Phi) is 5.60. The Balaban J connectivity index is 1.79. The topological polar surface area (TPSA) is 58.6 Å². The van der Waals surface area contributed by atoms with Crippen LogP contribution in [0.3, 0.4) is 0 Å². The lowest BCUT2D eigenvalue weighted by molar-refractivity contribution is 0.104. The number of ketones is 1.